The summed E-state index contributed by atoms with van der Waals surface area (Å²) < 4.78 is 14.6. The number of nitrogens with zero attached hydrogens (tertiary/aromatic N) is 5. The zero-order chi connectivity index (χ0) is 48.4. The van der Waals surface area contributed by atoms with Gasteiger partial charge in [-0.1, -0.05) is 144 Å². The number of nitrogens with one attached hydrogen (secondary N) is 2. The normalized spacial score (nSPS) is 21.8. The summed E-state index contributed by atoms with van der Waals surface area (Å²) in [5.41, 5.74) is 3.11. The van der Waals surface area contributed by atoms with Crippen molar-refractivity contribution in [3.8, 4) is 17.6 Å². The van der Waals surface area contributed by atoms with Crippen LogP contribution >= 0.6 is 0 Å². The lowest BCUT2D eigenvalue weighted by molar-refractivity contribution is -0.178. The summed E-state index contributed by atoms with van der Waals surface area (Å²) in [7, 11) is 0. The summed E-state index contributed by atoms with van der Waals surface area (Å²) in [5.74, 6) is 3.14. The second kappa shape index (κ2) is 19.3. The number of morpholine rings is 1. The van der Waals surface area contributed by atoms with Crippen molar-refractivity contribution in [2.75, 3.05) is 24.7 Å². The zero-order valence-corrected chi connectivity index (χ0v) is 38.2. The molecule has 7 aromatic rings. The van der Waals surface area contributed by atoms with E-state index in [0.29, 0.717) is 28.0 Å². The van der Waals surface area contributed by atoms with E-state index in [1.807, 2.05) is 127 Å². The van der Waals surface area contributed by atoms with Crippen LogP contribution in [0, 0.1) is 17.8 Å². The highest BCUT2D eigenvalue weighted by atomic mass is 16.6. The van der Waals surface area contributed by atoms with E-state index in [1.54, 1.807) is 47.1 Å². The number of hydrogen-bond donors (Lipinski definition) is 3. The molecule has 1 spiro atoms. The first-order chi connectivity index (χ1) is 34.3. The minimum absolute atomic E-state index is 0.00508. The number of aromatic nitrogens is 3. The number of carbonyl (C=O) groups is 4. The van der Waals surface area contributed by atoms with Gasteiger partial charge >= 0.3 is 12.0 Å². The number of benzene rings is 6. The number of cyclic esters (lactones) is 1. The molecule has 70 heavy (non-hydrogen) atoms. The lowest BCUT2D eigenvalue weighted by Crippen LogP contribution is -2.56. The van der Waals surface area contributed by atoms with Gasteiger partial charge in [-0.05, 0) is 65.6 Å². The highest BCUT2D eigenvalue weighted by Gasteiger charge is 2.76. The molecule has 7 atom stereocenters. The number of ether oxygens (including phenoxy) is 2. The first-order valence-electron chi connectivity index (χ1n) is 23.2. The molecular formula is C56H49N7O7. The van der Waals surface area contributed by atoms with Gasteiger partial charge in [0.25, 0.3) is 0 Å². The number of para-hydroxylation sites is 2. The number of fused-ring (bicyclic) bond motifs is 4. The van der Waals surface area contributed by atoms with Gasteiger partial charge in [0.15, 0.2) is 0 Å². The number of aliphatic hydroxyl groups excluding tert-OH is 1. The molecule has 4 heterocycles. The highest BCUT2D eigenvalue weighted by molar-refractivity contribution is 6.24. The Hall–Kier alpha value is -8.38. The van der Waals surface area contributed by atoms with E-state index in [4.69, 9.17) is 9.47 Å². The molecular weight excluding hydrogens is 883 g/mol. The van der Waals surface area contributed by atoms with Crippen molar-refractivity contribution in [2.45, 2.75) is 49.2 Å². The molecule has 2 fully saturated rings. The molecule has 3 N–H and O–H groups in total. The van der Waals surface area contributed by atoms with Crippen molar-refractivity contribution in [1.82, 2.24) is 30.5 Å². The number of anilines is 1. The number of urea groups is 1. The Morgan fingerprint density at radius 2 is 1.56 bits per heavy atom. The van der Waals surface area contributed by atoms with E-state index in [1.165, 1.54) is 6.08 Å². The molecule has 14 nitrogen and oxygen atoms in total. The van der Waals surface area contributed by atoms with Crippen LogP contribution in [0.5, 0.6) is 5.75 Å². The third-order valence-electron chi connectivity index (χ3n) is 13.4. The van der Waals surface area contributed by atoms with E-state index < -0.39 is 65.4 Å². The van der Waals surface area contributed by atoms with Crippen LogP contribution in [0.1, 0.15) is 64.5 Å². The number of carbonyl (C=O) groups excluding carboxylic acids is 4. The first kappa shape index (κ1) is 45.4. The van der Waals surface area contributed by atoms with Crippen LogP contribution in [0.2, 0.25) is 0 Å². The minimum atomic E-state index is -2.06. The SMILES string of the molecule is C=CCNC(=O)[C@@H]1[C@H]2C(=O)O[C@H](c3ccccc3)[C@H](c3ccccc3)N2[C@H](c2ccccc2OCCO)[C@@]12C(=O)N(C(=O)N[C@H](C)c1ccccc1)c1ccc(C#CCn3nnc4ccccc43)cc12. The van der Waals surface area contributed by atoms with Crippen molar-refractivity contribution in [1.29, 1.82) is 0 Å². The fraction of sp³-hybridized carbons (Fsp3) is 0.214. The summed E-state index contributed by atoms with van der Waals surface area (Å²) in [6.07, 6.45) is 0.588. The number of aliphatic hydroxyl groups is 1. The maximum atomic E-state index is 16.6. The molecule has 14 heteroatoms. The molecule has 6 aromatic carbocycles. The first-order valence-corrected chi connectivity index (χ1v) is 23.2. The number of rotatable bonds is 12. The van der Waals surface area contributed by atoms with Crippen LogP contribution in [0.4, 0.5) is 10.5 Å². The maximum absolute atomic E-state index is 16.6. The van der Waals surface area contributed by atoms with Crippen LogP contribution in [-0.2, 0) is 31.1 Å². The van der Waals surface area contributed by atoms with Gasteiger partial charge in [0.05, 0.1) is 41.9 Å². The predicted molar refractivity (Wildman–Crippen MR) is 262 cm³/mol. The molecule has 1 aromatic heterocycles. The Morgan fingerprint density at radius 1 is 0.871 bits per heavy atom. The summed E-state index contributed by atoms with van der Waals surface area (Å²) in [6.45, 7) is 5.44. The average molecular weight is 932 g/mol. The monoisotopic (exact) mass is 931 g/mol. The van der Waals surface area contributed by atoms with E-state index in [-0.39, 0.29) is 32.0 Å². The van der Waals surface area contributed by atoms with E-state index in [2.05, 4.69) is 39.4 Å². The summed E-state index contributed by atoms with van der Waals surface area (Å²) in [5, 5.41) is 24.7. The second-order valence-electron chi connectivity index (χ2n) is 17.4. The Labute approximate surface area is 404 Å². The summed E-state index contributed by atoms with van der Waals surface area (Å²) in [4.78, 5) is 65.7. The second-order valence-corrected chi connectivity index (χ2v) is 17.4. The molecule has 3 aliphatic heterocycles. The van der Waals surface area contributed by atoms with Gasteiger partial charge in [0.1, 0.15) is 42.0 Å². The third kappa shape index (κ3) is 7.84. The third-order valence-corrected chi connectivity index (χ3v) is 13.4. The van der Waals surface area contributed by atoms with E-state index in [9.17, 15) is 5.11 Å². The molecule has 2 saturated heterocycles. The molecule has 0 bridgehead atoms. The van der Waals surface area contributed by atoms with Crippen LogP contribution in [-0.4, -0.2) is 74.6 Å². The fourth-order valence-electron chi connectivity index (χ4n) is 10.6. The van der Waals surface area contributed by atoms with Gasteiger partial charge in [-0.25, -0.2) is 14.4 Å². The van der Waals surface area contributed by atoms with Crippen molar-refractivity contribution in [2.24, 2.45) is 5.92 Å². The van der Waals surface area contributed by atoms with Gasteiger partial charge in [-0.3, -0.25) is 19.3 Å². The Morgan fingerprint density at radius 3 is 2.30 bits per heavy atom. The smallest absolute Gasteiger partial charge is 0.329 e. The van der Waals surface area contributed by atoms with Crippen LogP contribution in [0.3, 0.4) is 0 Å². The molecule has 0 unspecified atom stereocenters. The Kier molecular flexibility index (Phi) is 12.5. The van der Waals surface area contributed by atoms with Gasteiger partial charge in [-0.15, -0.1) is 11.7 Å². The summed E-state index contributed by atoms with van der Waals surface area (Å²) >= 11 is 0. The van der Waals surface area contributed by atoms with E-state index >= 15 is 19.2 Å². The Bertz CT molecular complexity index is 3170. The lowest BCUT2D eigenvalue weighted by atomic mass is 9.65. The van der Waals surface area contributed by atoms with Crippen molar-refractivity contribution < 1.29 is 33.8 Å². The molecule has 4 amide bonds. The van der Waals surface area contributed by atoms with Crippen molar-refractivity contribution >= 4 is 40.5 Å². The van der Waals surface area contributed by atoms with Crippen LogP contribution in [0.25, 0.3) is 11.0 Å². The highest BCUT2D eigenvalue weighted by Crippen LogP contribution is 2.66. The molecule has 10 rings (SSSR count). The number of hydrogen-bond acceptors (Lipinski definition) is 10. The number of imide groups is 1. The molecule has 350 valence electrons. The standard InChI is InChI=1S/C56H49N7O7/c1-3-31-57-52(65)47-49-53(66)70-50(40-23-11-6-12-24-40)48(39-21-9-5-10-22-39)63(49)51(41-25-13-16-28-46(41)69-34-33-64)56(47)42-35-37(18-17-32-61-45-27-15-14-26-43(45)59-60-61)29-30-44(42)62(54(56)67)55(68)58-36(2)38-19-7-4-8-20-38/h3-16,19-30,35-36,47-51,64H,1,31-34H2,2H3,(H,57,65)(H,58,68)/t36-,47+,48+,49+,50-,51-,56+/m1/s1. The molecule has 0 radical (unpaired) electrons. The number of esters is 1. The molecule has 0 aliphatic carbocycles. The quantitative estimate of drug-likeness (QED) is 0.0643. The largest absolute Gasteiger partial charge is 0.491 e. The maximum Gasteiger partial charge on any atom is 0.329 e. The minimum Gasteiger partial charge on any atom is -0.491 e. The summed E-state index contributed by atoms with van der Waals surface area (Å²) in [6, 6.07) is 43.3. The average Bonchev–Trinajstić information content (AvgIpc) is 4.04. The van der Waals surface area contributed by atoms with Gasteiger partial charge in [-0.2, -0.15) is 0 Å². The predicted octanol–water partition coefficient (Wildman–Crippen LogP) is 7.29. The van der Waals surface area contributed by atoms with Gasteiger partial charge in [0.2, 0.25) is 11.8 Å². The van der Waals surface area contributed by atoms with Gasteiger partial charge < -0.3 is 25.2 Å². The van der Waals surface area contributed by atoms with Crippen molar-refractivity contribution in [3.63, 3.8) is 0 Å². The van der Waals surface area contributed by atoms with Crippen molar-refractivity contribution in [3.05, 3.63) is 204 Å². The topological polar surface area (TPSA) is 168 Å². The number of amides is 4. The Balaban J connectivity index is 1.25. The fourth-order valence-corrected chi connectivity index (χ4v) is 10.6. The van der Waals surface area contributed by atoms with E-state index in [0.717, 1.165) is 27.1 Å². The molecule has 3 aliphatic rings. The van der Waals surface area contributed by atoms with Crippen LogP contribution in [0.15, 0.2) is 170 Å². The van der Waals surface area contributed by atoms with Crippen LogP contribution < -0.4 is 20.3 Å². The molecule has 0 saturated carbocycles. The lowest BCUT2D eigenvalue weighted by Gasteiger charge is -2.46. The van der Waals surface area contributed by atoms with Gasteiger partial charge in [0, 0.05) is 17.7 Å². The zero-order valence-electron chi connectivity index (χ0n) is 38.2.